The fourth-order valence-electron chi connectivity index (χ4n) is 16.1. The van der Waals surface area contributed by atoms with E-state index in [1.807, 2.05) is 12.1 Å². The lowest BCUT2D eigenvalue weighted by atomic mass is 9.70. The van der Waals surface area contributed by atoms with Gasteiger partial charge in [-0.1, -0.05) is 321 Å². The number of benzene rings is 5. The van der Waals surface area contributed by atoms with Gasteiger partial charge in [-0.2, -0.15) is 8.75 Å². The highest BCUT2D eigenvalue weighted by atomic mass is 79.9. The maximum absolute atomic E-state index is 16.1. The number of halogens is 4. The topological polar surface area (TPSA) is 51.6 Å². The lowest BCUT2D eigenvalue weighted by Gasteiger charge is -2.33. The zero-order valence-electron chi connectivity index (χ0n) is 56.7. The third-order valence-electron chi connectivity index (χ3n) is 21.2. The Morgan fingerprint density at radius 2 is 0.549 bits per heavy atom. The van der Waals surface area contributed by atoms with Crippen LogP contribution in [-0.2, 0) is 10.8 Å². The van der Waals surface area contributed by atoms with Gasteiger partial charge in [0.05, 0.1) is 32.1 Å². The van der Waals surface area contributed by atoms with Crippen LogP contribution >= 0.6 is 43.6 Å². The molecule has 0 amide bonds. The summed E-state index contributed by atoms with van der Waals surface area (Å²) in [6, 6.07) is 25.4. The van der Waals surface area contributed by atoms with E-state index in [-0.39, 0.29) is 22.5 Å². The highest BCUT2D eigenvalue weighted by Gasteiger charge is 2.45. The van der Waals surface area contributed by atoms with Crippen LogP contribution < -0.4 is 0 Å². The van der Waals surface area contributed by atoms with E-state index in [4.69, 9.17) is 18.7 Å². The molecular weight excluding hydrogens is 1270 g/mol. The predicted octanol–water partition coefficient (Wildman–Crippen LogP) is 28.5. The number of aromatic nitrogens is 4. The smallest absolute Gasteiger partial charge is 0.123 e. The van der Waals surface area contributed by atoms with Gasteiger partial charge < -0.3 is 0 Å². The van der Waals surface area contributed by atoms with Crippen molar-refractivity contribution >= 4 is 65.7 Å². The molecule has 2 aliphatic carbocycles. The number of hydrogen-bond donors (Lipinski definition) is 0. The van der Waals surface area contributed by atoms with E-state index < -0.39 is 0 Å². The molecule has 0 saturated carbocycles. The number of nitrogens with zero attached hydrogens (tertiary/aromatic N) is 4. The summed E-state index contributed by atoms with van der Waals surface area (Å²) in [5.41, 5.74) is 15.7. The summed E-state index contributed by atoms with van der Waals surface area (Å²) in [5, 5.41) is 0. The molecule has 0 aliphatic heterocycles. The second-order valence-electron chi connectivity index (χ2n) is 28.0. The van der Waals surface area contributed by atoms with Crippen LogP contribution in [-0.4, -0.2) is 18.7 Å². The SMILES string of the molecule is CCCCCCCCCCCCC1(CCCCCCCCCCCC)c2cc(F)ccc2-c2ccc(-c3nc4c(Br)c5nsnc5c(Br)c4nc3-c3ccc4c(c3)C(CCCCCCCCCCCC)(CCCCCCCCCCCC)c3cc(F)ccc3-4)cc21. The summed E-state index contributed by atoms with van der Waals surface area (Å²) < 4.78 is 43.2. The van der Waals surface area contributed by atoms with Crippen molar-refractivity contribution in [3.05, 3.63) is 116 Å². The molecule has 0 unspecified atom stereocenters. The molecule has 0 spiro atoms. The van der Waals surface area contributed by atoms with Gasteiger partial charge in [-0.05, 0) is 138 Å². The molecule has 2 aliphatic rings. The molecule has 91 heavy (non-hydrogen) atoms. The number of rotatable bonds is 46. The van der Waals surface area contributed by atoms with Gasteiger partial charge >= 0.3 is 0 Å². The Labute approximate surface area is 570 Å². The lowest BCUT2D eigenvalue weighted by molar-refractivity contribution is 0.395. The van der Waals surface area contributed by atoms with Gasteiger partial charge in [0.2, 0.25) is 0 Å². The van der Waals surface area contributed by atoms with Crippen LogP contribution in [0, 0.1) is 11.6 Å². The molecule has 0 fully saturated rings. The minimum absolute atomic E-state index is 0.151. The second kappa shape index (κ2) is 37.4. The normalized spacial score (nSPS) is 13.6. The fraction of sp³-hybridized carbons (Fsp3) is 0.610. The monoisotopic (exact) mass is 1380 g/mol. The summed E-state index contributed by atoms with van der Waals surface area (Å²) in [7, 11) is 0. The summed E-state index contributed by atoms with van der Waals surface area (Å²) in [6.45, 7) is 9.19. The van der Waals surface area contributed by atoms with Crippen LogP contribution in [0.15, 0.2) is 81.7 Å². The average molecular weight is 1380 g/mol. The molecule has 0 bridgehead atoms. The highest BCUT2D eigenvalue weighted by molar-refractivity contribution is 9.11. The summed E-state index contributed by atoms with van der Waals surface area (Å²) in [6.07, 6.45) is 55.2. The molecule has 9 heteroatoms. The Morgan fingerprint density at radius 1 is 0.308 bits per heavy atom. The highest BCUT2D eigenvalue weighted by Crippen LogP contribution is 2.58. The molecule has 4 nitrogen and oxygen atoms in total. The van der Waals surface area contributed by atoms with Crippen molar-refractivity contribution in [1.82, 2.24) is 18.7 Å². The van der Waals surface area contributed by atoms with Crippen molar-refractivity contribution in [2.24, 2.45) is 0 Å². The quantitative estimate of drug-likeness (QED) is 0.0357. The van der Waals surface area contributed by atoms with E-state index in [1.165, 1.54) is 276 Å². The van der Waals surface area contributed by atoms with Crippen molar-refractivity contribution in [3.8, 4) is 44.8 Å². The standard InChI is InChI=1S/C82H112Br2F2N4S/c1-5-9-13-17-21-25-29-33-37-41-53-81(54-42-38-34-30-26-22-18-14-10-6-2)69-57-61(45-49-65(69)67-51-47-63(85)59-71(67)81)75-76(88-78-74(84)80-79(89-91-90-80)73(83)77(78)87-75)62-46-50-66-68-52-48-64(86)60-72(68)82(70(66)58-62,55-43-39-35-31-27-23-19-15-11-7-3)56-44-40-36-32-28-24-20-16-12-8-4/h45-52,57-60H,5-44,53-56H2,1-4H3. The average Bonchev–Trinajstić information content (AvgIpc) is 1.61. The number of hydrogen-bond acceptors (Lipinski definition) is 5. The Bertz CT molecular complexity index is 3090. The van der Waals surface area contributed by atoms with Crippen molar-refractivity contribution < 1.29 is 8.78 Å². The van der Waals surface area contributed by atoms with Crippen LogP contribution in [0.1, 0.15) is 332 Å². The van der Waals surface area contributed by atoms with Crippen molar-refractivity contribution in [1.29, 1.82) is 0 Å². The third-order valence-corrected chi connectivity index (χ3v) is 23.3. The molecule has 0 N–H and O–H groups in total. The van der Waals surface area contributed by atoms with Gasteiger partial charge in [0.25, 0.3) is 0 Å². The Hall–Kier alpha value is -3.92. The Morgan fingerprint density at radius 3 is 0.824 bits per heavy atom. The molecule has 5 aromatic carbocycles. The second-order valence-corrected chi connectivity index (χ2v) is 30.1. The molecule has 494 valence electrons. The number of fused-ring (bicyclic) bond motifs is 8. The van der Waals surface area contributed by atoms with E-state index in [0.717, 1.165) is 116 Å². The zero-order valence-corrected chi connectivity index (χ0v) is 60.7. The number of unbranched alkanes of at least 4 members (excludes halogenated alkanes) is 36. The summed E-state index contributed by atoms with van der Waals surface area (Å²) in [5.74, 6) is -0.302. The Balaban J connectivity index is 1.11. The molecule has 2 aromatic heterocycles. The van der Waals surface area contributed by atoms with Gasteiger partial charge in [0.15, 0.2) is 0 Å². The van der Waals surface area contributed by atoms with E-state index in [1.54, 1.807) is 12.1 Å². The van der Waals surface area contributed by atoms with E-state index in [9.17, 15) is 0 Å². The zero-order chi connectivity index (χ0) is 63.7. The first-order valence-electron chi connectivity index (χ1n) is 37.4. The largest absolute Gasteiger partial charge is 0.243 e. The van der Waals surface area contributed by atoms with Gasteiger partial charge in [-0.3, -0.25) is 0 Å². The van der Waals surface area contributed by atoms with Crippen molar-refractivity contribution in [3.63, 3.8) is 0 Å². The molecular formula is C82H112Br2F2N4S. The minimum Gasteiger partial charge on any atom is -0.243 e. The Kier molecular flexibility index (Phi) is 29.3. The van der Waals surface area contributed by atoms with Crippen molar-refractivity contribution in [2.45, 2.75) is 321 Å². The first-order valence-corrected chi connectivity index (χ1v) is 39.7. The van der Waals surface area contributed by atoms with E-state index >= 15 is 8.78 Å². The van der Waals surface area contributed by atoms with E-state index in [2.05, 4.69) is 108 Å². The maximum atomic E-state index is 16.1. The van der Waals surface area contributed by atoms with Crippen LogP contribution in [0.3, 0.4) is 0 Å². The van der Waals surface area contributed by atoms with Crippen LogP contribution in [0.25, 0.3) is 66.8 Å². The lowest BCUT2D eigenvalue weighted by Crippen LogP contribution is -2.26. The van der Waals surface area contributed by atoms with Gasteiger partial charge in [-0.25, -0.2) is 18.7 Å². The summed E-state index contributed by atoms with van der Waals surface area (Å²) >= 11 is 9.22. The van der Waals surface area contributed by atoms with Crippen LogP contribution in [0.4, 0.5) is 8.78 Å². The van der Waals surface area contributed by atoms with Gasteiger partial charge in [0.1, 0.15) is 33.7 Å². The first-order chi connectivity index (χ1) is 44.7. The molecule has 0 radical (unpaired) electrons. The summed E-state index contributed by atoms with van der Waals surface area (Å²) in [4.78, 5) is 11.6. The predicted molar refractivity (Wildman–Crippen MR) is 395 cm³/mol. The van der Waals surface area contributed by atoms with Crippen LogP contribution in [0.5, 0.6) is 0 Å². The van der Waals surface area contributed by atoms with Gasteiger partial charge in [0, 0.05) is 22.0 Å². The third kappa shape index (κ3) is 18.4. The van der Waals surface area contributed by atoms with E-state index in [0.29, 0.717) is 0 Å². The first kappa shape index (κ1) is 71.4. The molecule has 0 saturated heterocycles. The van der Waals surface area contributed by atoms with Gasteiger partial charge in [-0.15, -0.1) is 0 Å². The molecule has 0 atom stereocenters. The fourth-order valence-corrected chi connectivity index (χ4v) is 18.0. The molecule has 2 heterocycles. The molecule has 7 aromatic rings. The maximum Gasteiger partial charge on any atom is 0.123 e. The van der Waals surface area contributed by atoms with Crippen LogP contribution in [0.2, 0.25) is 0 Å². The minimum atomic E-state index is -0.340. The van der Waals surface area contributed by atoms with Crippen molar-refractivity contribution in [2.75, 3.05) is 0 Å². The molecule has 9 rings (SSSR count).